The number of hydrogen-bond acceptors (Lipinski definition) is 3. The highest BCUT2D eigenvalue weighted by Gasteiger charge is 2.50. The van der Waals surface area contributed by atoms with Crippen molar-refractivity contribution in [2.45, 2.75) is 32.2 Å². The van der Waals surface area contributed by atoms with Crippen molar-refractivity contribution in [3.05, 3.63) is 36.0 Å². The molecule has 0 bridgehead atoms. The van der Waals surface area contributed by atoms with Gasteiger partial charge >= 0.3 is 5.97 Å². The minimum Gasteiger partial charge on any atom is -0.481 e. The van der Waals surface area contributed by atoms with Crippen LogP contribution in [0.1, 0.15) is 25.3 Å². The summed E-state index contributed by atoms with van der Waals surface area (Å²) >= 11 is 0. The number of amides is 2. The van der Waals surface area contributed by atoms with Crippen LogP contribution < -0.4 is 10.6 Å². The number of carbonyl (C=O) groups is 3. The predicted molar refractivity (Wildman–Crippen MR) is 91.9 cm³/mol. The van der Waals surface area contributed by atoms with Crippen LogP contribution in [0, 0.1) is 5.41 Å². The van der Waals surface area contributed by atoms with E-state index in [1.807, 2.05) is 30.5 Å². The van der Waals surface area contributed by atoms with E-state index in [-0.39, 0.29) is 18.4 Å². The molecule has 2 amide bonds. The van der Waals surface area contributed by atoms with Crippen LogP contribution in [0.3, 0.4) is 0 Å². The molecule has 1 fully saturated rings. The molecule has 25 heavy (non-hydrogen) atoms. The fourth-order valence-corrected chi connectivity index (χ4v) is 2.97. The smallest absolute Gasteiger partial charge is 0.311 e. The molecule has 1 heterocycles. The maximum atomic E-state index is 12.5. The molecule has 132 valence electrons. The quantitative estimate of drug-likeness (QED) is 0.605. The third-order valence-electron chi connectivity index (χ3n) is 4.70. The first-order chi connectivity index (χ1) is 11.9. The number of nitrogens with one attached hydrogen (secondary N) is 3. The lowest BCUT2D eigenvalue weighted by Crippen LogP contribution is -2.49. The number of carbonyl (C=O) groups excluding carboxylic acids is 2. The van der Waals surface area contributed by atoms with Gasteiger partial charge in [-0.25, -0.2) is 0 Å². The lowest BCUT2D eigenvalue weighted by atomic mass is 10.0. The summed E-state index contributed by atoms with van der Waals surface area (Å²) in [6.45, 7) is 1.44. The van der Waals surface area contributed by atoms with Crippen molar-refractivity contribution in [2.75, 3.05) is 6.54 Å². The van der Waals surface area contributed by atoms with Crippen molar-refractivity contribution in [3.8, 4) is 0 Å². The summed E-state index contributed by atoms with van der Waals surface area (Å²) < 4.78 is 0. The monoisotopic (exact) mass is 343 g/mol. The number of hydrogen-bond donors (Lipinski definition) is 4. The Kier molecular flexibility index (Phi) is 4.48. The van der Waals surface area contributed by atoms with E-state index in [2.05, 4.69) is 15.6 Å². The van der Waals surface area contributed by atoms with Crippen LogP contribution in [0.15, 0.2) is 30.5 Å². The lowest BCUT2D eigenvalue weighted by molar-refractivity contribution is -0.143. The van der Waals surface area contributed by atoms with Gasteiger partial charge < -0.3 is 20.7 Å². The average Bonchev–Trinajstić information content (AvgIpc) is 3.27. The minimum atomic E-state index is -0.888. The highest BCUT2D eigenvalue weighted by molar-refractivity contribution is 5.89. The molecular weight excluding hydrogens is 322 g/mol. The SMILES string of the molecule is CC(=O)NC(Cc1c[nH]c2ccccc12)C(=O)NCC1(C(=O)O)CC1. The zero-order valence-electron chi connectivity index (χ0n) is 14.0. The van der Waals surface area contributed by atoms with Gasteiger partial charge in [-0.15, -0.1) is 0 Å². The number of fused-ring (bicyclic) bond motifs is 1. The second-order valence-electron chi connectivity index (χ2n) is 6.62. The van der Waals surface area contributed by atoms with Crippen LogP contribution in [-0.4, -0.2) is 40.5 Å². The van der Waals surface area contributed by atoms with E-state index in [1.165, 1.54) is 6.92 Å². The van der Waals surface area contributed by atoms with Crippen molar-refractivity contribution in [1.82, 2.24) is 15.6 Å². The van der Waals surface area contributed by atoms with Gasteiger partial charge in [0.2, 0.25) is 11.8 Å². The maximum Gasteiger partial charge on any atom is 0.311 e. The molecule has 0 radical (unpaired) electrons. The van der Waals surface area contributed by atoms with E-state index in [4.69, 9.17) is 0 Å². The Bertz CT molecular complexity index is 823. The predicted octanol–water partition coefficient (Wildman–Crippen LogP) is 1.20. The highest BCUT2D eigenvalue weighted by atomic mass is 16.4. The Hall–Kier alpha value is -2.83. The van der Waals surface area contributed by atoms with Crippen molar-refractivity contribution in [1.29, 1.82) is 0 Å². The minimum absolute atomic E-state index is 0.0884. The Morgan fingerprint density at radius 2 is 2.00 bits per heavy atom. The number of carboxylic acid groups (broad SMARTS) is 1. The standard InChI is InChI=1S/C18H21N3O4/c1-11(22)21-15(16(23)20-10-18(6-7-18)17(24)25)8-12-9-19-14-5-3-2-4-13(12)14/h2-5,9,15,19H,6-8,10H2,1H3,(H,20,23)(H,21,22)(H,24,25). The molecule has 0 spiro atoms. The van der Waals surface area contributed by atoms with Gasteiger partial charge in [0.25, 0.3) is 0 Å². The second kappa shape index (κ2) is 6.58. The molecule has 1 aromatic carbocycles. The van der Waals surface area contributed by atoms with E-state index in [0.29, 0.717) is 19.3 Å². The molecule has 3 rings (SSSR count). The fourth-order valence-electron chi connectivity index (χ4n) is 2.97. The summed E-state index contributed by atoms with van der Waals surface area (Å²) in [7, 11) is 0. The van der Waals surface area contributed by atoms with Crippen LogP contribution in [0.4, 0.5) is 0 Å². The zero-order chi connectivity index (χ0) is 18.0. The van der Waals surface area contributed by atoms with Gasteiger partial charge in [0.15, 0.2) is 0 Å². The largest absolute Gasteiger partial charge is 0.481 e. The van der Waals surface area contributed by atoms with Crippen molar-refractivity contribution in [3.63, 3.8) is 0 Å². The van der Waals surface area contributed by atoms with Crippen LogP contribution >= 0.6 is 0 Å². The molecular formula is C18H21N3O4. The number of aromatic nitrogens is 1. The van der Waals surface area contributed by atoms with Crippen LogP contribution in [0.2, 0.25) is 0 Å². The molecule has 1 aliphatic rings. The molecule has 1 aromatic heterocycles. The summed E-state index contributed by atoms with van der Waals surface area (Å²) in [5.74, 6) is -1.56. The topological polar surface area (TPSA) is 111 Å². The number of H-pyrrole nitrogens is 1. The van der Waals surface area contributed by atoms with E-state index in [0.717, 1.165) is 16.5 Å². The third-order valence-corrected chi connectivity index (χ3v) is 4.70. The zero-order valence-corrected chi connectivity index (χ0v) is 14.0. The Labute approximate surface area is 144 Å². The number of aromatic amines is 1. The number of aliphatic carboxylic acids is 1. The normalized spacial score (nSPS) is 16.2. The molecule has 7 nitrogen and oxygen atoms in total. The Balaban J connectivity index is 1.72. The van der Waals surface area contributed by atoms with E-state index in [9.17, 15) is 19.5 Å². The van der Waals surface area contributed by atoms with Gasteiger partial charge in [0.05, 0.1) is 5.41 Å². The molecule has 1 aliphatic carbocycles. The summed E-state index contributed by atoms with van der Waals surface area (Å²) in [5, 5.41) is 15.5. The number of benzene rings is 1. The highest BCUT2D eigenvalue weighted by Crippen LogP contribution is 2.45. The number of para-hydroxylation sites is 1. The first-order valence-corrected chi connectivity index (χ1v) is 8.24. The summed E-state index contributed by atoms with van der Waals surface area (Å²) in [6.07, 6.45) is 3.29. The first kappa shape index (κ1) is 17.0. The molecule has 0 saturated heterocycles. The maximum absolute atomic E-state index is 12.5. The molecule has 7 heteroatoms. The lowest BCUT2D eigenvalue weighted by Gasteiger charge is -2.19. The molecule has 0 aliphatic heterocycles. The Morgan fingerprint density at radius 1 is 1.28 bits per heavy atom. The number of carboxylic acids is 1. The van der Waals surface area contributed by atoms with Gasteiger partial charge in [0, 0.05) is 37.0 Å². The van der Waals surface area contributed by atoms with Crippen LogP contribution in [-0.2, 0) is 20.8 Å². The molecule has 1 unspecified atom stereocenters. The fraction of sp³-hybridized carbons (Fsp3) is 0.389. The molecule has 1 atom stereocenters. The summed E-state index contributed by atoms with van der Waals surface area (Å²) in [4.78, 5) is 38.4. The van der Waals surface area contributed by atoms with Crippen molar-refractivity contribution < 1.29 is 19.5 Å². The molecule has 1 saturated carbocycles. The van der Waals surface area contributed by atoms with Gasteiger partial charge in [-0.2, -0.15) is 0 Å². The average molecular weight is 343 g/mol. The first-order valence-electron chi connectivity index (χ1n) is 8.24. The number of rotatable bonds is 7. The van der Waals surface area contributed by atoms with Crippen LogP contribution in [0.25, 0.3) is 10.9 Å². The summed E-state index contributed by atoms with van der Waals surface area (Å²) in [6, 6.07) is 6.98. The van der Waals surface area contributed by atoms with E-state index < -0.39 is 17.4 Å². The van der Waals surface area contributed by atoms with Crippen LogP contribution in [0.5, 0.6) is 0 Å². The van der Waals surface area contributed by atoms with Gasteiger partial charge in [0.1, 0.15) is 6.04 Å². The van der Waals surface area contributed by atoms with E-state index in [1.54, 1.807) is 0 Å². The van der Waals surface area contributed by atoms with Crippen molar-refractivity contribution in [2.24, 2.45) is 5.41 Å². The van der Waals surface area contributed by atoms with Gasteiger partial charge in [-0.05, 0) is 24.5 Å². The molecule has 2 aromatic rings. The van der Waals surface area contributed by atoms with Gasteiger partial charge in [-0.1, -0.05) is 18.2 Å². The second-order valence-corrected chi connectivity index (χ2v) is 6.62. The van der Waals surface area contributed by atoms with E-state index >= 15 is 0 Å². The third kappa shape index (κ3) is 3.65. The molecule has 4 N–H and O–H groups in total. The summed E-state index contributed by atoms with van der Waals surface area (Å²) in [5.41, 5.74) is 1.04. The van der Waals surface area contributed by atoms with Gasteiger partial charge in [-0.3, -0.25) is 14.4 Å². The van der Waals surface area contributed by atoms with Crippen molar-refractivity contribution >= 4 is 28.7 Å². The Morgan fingerprint density at radius 3 is 2.64 bits per heavy atom.